The van der Waals surface area contributed by atoms with Crippen LogP contribution in [0.2, 0.25) is 0 Å². The third-order valence-electron chi connectivity index (χ3n) is 5.54. The molecule has 2 aliphatic heterocycles. The Kier molecular flexibility index (Phi) is 3.49. The molecule has 6 nitrogen and oxygen atoms in total. The number of hydrogen-bond donors (Lipinski definition) is 0. The third-order valence-corrected chi connectivity index (χ3v) is 5.54. The van der Waals surface area contributed by atoms with Gasteiger partial charge in [-0.05, 0) is 56.2 Å². The SMILES string of the molecule is CC12CCCC(=O)N1c1ccccc1-c1nc(=O)c(-c3ccc(F)cc3)nn12. The van der Waals surface area contributed by atoms with E-state index in [-0.39, 0.29) is 17.4 Å². The lowest BCUT2D eigenvalue weighted by Gasteiger charge is -2.49. The van der Waals surface area contributed by atoms with Crippen molar-refractivity contribution >= 4 is 11.6 Å². The number of halogens is 1. The van der Waals surface area contributed by atoms with Crippen molar-refractivity contribution < 1.29 is 9.18 Å². The molecule has 28 heavy (non-hydrogen) atoms. The molecule has 0 radical (unpaired) electrons. The summed E-state index contributed by atoms with van der Waals surface area (Å²) in [6.07, 6.45) is 1.89. The molecule has 3 aromatic rings. The van der Waals surface area contributed by atoms with Crippen LogP contribution in [0.4, 0.5) is 10.1 Å². The number of fused-ring (bicyclic) bond motifs is 6. The smallest absolute Gasteiger partial charge is 0.286 e. The molecule has 0 aliphatic carbocycles. The van der Waals surface area contributed by atoms with Crippen molar-refractivity contribution in [1.82, 2.24) is 14.8 Å². The molecule has 0 bridgehead atoms. The first-order valence-corrected chi connectivity index (χ1v) is 9.19. The molecule has 1 aromatic heterocycles. The van der Waals surface area contributed by atoms with Gasteiger partial charge < -0.3 is 0 Å². The summed E-state index contributed by atoms with van der Waals surface area (Å²) in [6.45, 7) is 1.94. The van der Waals surface area contributed by atoms with Gasteiger partial charge in [0.2, 0.25) is 5.91 Å². The maximum atomic E-state index is 13.3. The molecule has 140 valence electrons. The van der Waals surface area contributed by atoms with Gasteiger partial charge in [-0.15, -0.1) is 0 Å². The minimum Gasteiger partial charge on any atom is -0.286 e. The molecule has 1 fully saturated rings. The van der Waals surface area contributed by atoms with Crippen LogP contribution >= 0.6 is 0 Å². The molecule has 0 N–H and O–H groups in total. The zero-order valence-electron chi connectivity index (χ0n) is 15.2. The lowest BCUT2D eigenvalue weighted by atomic mass is 9.91. The van der Waals surface area contributed by atoms with Gasteiger partial charge in [0.15, 0.2) is 11.5 Å². The number of benzene rings is 2. The van der Waals surface area contributed by atoms with Gasteiger partial charge in [0, 0.05) is 17.5 Å². The molecular formula is C21H17FN4O2. The van der Waals surface area contributed by atoms with Crippen molar-refractivity contribution in [2.45, 2.75) is 31.8 Å². The molecule has 1 saturated heterocycles. The van der Waals surface area contributed by atoms with Crippen LogP contribution in [0.5, 0.6) is 0 Å². The molecule has 1 atom stereocenters. The van der Waals surface area contributed by atoms with E-state index in [0.29, 0.717) is 29.8 Å². The summed E-state index contributed by atoms with van der Waals surface area (Å²) in [4.78, 5) is 31.7. The van der Waals surface area contributed by atoms with Gasteiger partial charge in [0.25, 0.3) is 5.56 Å². The molecule has 3 heterocycles. The quantitative estimate of drug-likeness (QED) is 0.653. The summed E-state index contributed by atoms with van der Waals surface area (Å²) in [5.41, 5.74) is 0.844. The maximum Gasteiger partial charge on any atom is 0.300 e. The average molecular weight is 376 g/mol. The van der Waals surface area contributed by atoms with E-state index in [9.17, 15) is 14.0 Å². The van der Waals surface area contributed by atoms with Gasteiger partial charge in [-0.1, -0.05) is 12.1 Å². The molecule has 5 rings (SSSR count). The Hall–Kier alpha value is -3.35. The lowest BCUT2D eigenvalue weighted by molar-refractivity contribution is -0.122. The topological polar surface area (TPSA) is 68.1 Å². The zero-order valence-corrected chi connectivity index (χ0v) is 15.2. The number of nitrogens with zero attached hydrogens (tertiary/aromatic N) is 4. The monoisotopic (exact) mass is 376 g/mol. The molecular weight excluding hydrogens is 359 g/mol. The number of para-hydroxylation sites is 1. The highest BCUT2D eigenvalue weighted by Crippen LogP contribution is 2.46. The average Bonchev–Trinajstić information content (AvgIpc) is 2.68. The van der Waals surface area contributed by atoms with E-state index in [1.807, 2.05) is 31.2 Å². The Bertz CT molecular complexity index is 1170. The number of amides is 1. The highest BCUT2D eigenvalue weighted by molar-refractivity contribution is 6.00. The minimum absolute atomic E-state index is 0.0238. The second-order valence-electron chi connectivity index (χ2n) is 7.32. The van der Waals surface area contributed by atoms with Crippen molar-refractivity contribution in [3.8, 4) is 22.6 Å². The van der Waals surface area contributed by atoms with E-state index in [1.54, 1.807) is 9.58 Å². The predicted molar refractivity (Wildman–Crippen MR) is 102 cm³/mol. The van der Waals surface area contributed by atoms with Crippen LogP contribution in [-0.4, -0.2) is 20.7 Å². The molecule has 1 amide bonds. The van der Waals surface area contributed by atoms with Gasteiger partial charge in [0.1, 0.15) is 11.5 Å². The number of anilines is 1. The van der Waals surface area contributed by atoms with Gasteiger partial charge in [-0.25, -0.2) is 9.07 Å². The lowest BCUT2D eigenvalue weighted by Crippen LogP contribution is -2.58. The number of carbonyl (C=O) groups excluding carboxylic acids is 1. The number of carbonyl (C=O) groups is 1. The van der Waals surface area contributed by atoms with Gasteiger partial charge >= 0.3 is 0 Å². The fraction of sp³-hybridized carbons (Fsp3) is 0.238. The van der Waals surface area contributed by atoms with E-state index in [1.165, 1.54) is 24.3 Å². The highest BCUT2D eigenvalue weighted by atomic mass is 19.1. The highest BCUT2D eigenvalue weighted by Gasteiger charge is 2.47. The van der Waals surface area contributed by atoms with Gasteiger partial charge in [0.05, 0.1) is 5.69 Å². The first-order valence-electron chi connectivity index (χ1n) is 9.19. The summed E-state index contributed by atoms with van der Waals surface area (Å²) in [6, 6.07) is 13.0. The van der Waals surface area contributed by atoms with Crippen molar-refractivity contribution in [2.24, 2.45) is 0 Å². The van der Waals surface area contributed by atoms with Crippen LogP contribution in [0.25, 0.3) is 22.6 Å². The van der Waals surface area contributed by atoms with Crippen LogP contribution in [0.15, 0.2) is 53.3 Å². The zero-order chi connectivity index (χ0) is 19.5. The Labute approximate surface area is 160 Å². The molecule has 0 saturated carbocycles. The van der Waals surface area contributed by atoms with Crippen molar-refractivity contribution in [3.63, 3.8) is 0 Å². The molecule has 2 aromatic carbocycles. The predicted octanol–water partition coefficient (Wildman–Crippen LogP) is 3.31. The van der Waals surface area contributed by atoms with E-state index >= 15 is 0 Å². The standard InChI is InChI=1S/C21H17FN4O2/c1-21-12-4-7-17(27)25(21)16-6-3-2-5-15(16)19-23-20(28)18(24-26(19)21)13-8-10-14(22)11-9-13/h2-3,5-6,8-11H,4,7,12H2,1H3. The van der Waals surface area contributed by atoms with E-state index in [2.05, 4.69) is 10.1 Å². The van der Waals surface area contributed by atoms with Crippen LogP contribution < -0.4 is 10.5 Å². The normalized spacial score (nSPS) is 20.4. The summed E-state index contributed by atoms with van der Waals surface area (Å²) >= 11 is 0. The Balaban J connectivity index is 1.81. The Morgan fingerprint density at radius 1 is 1.07 bits per heavy atom. The minimum atomic E-state index is -0.755. The van der Waals surface area contributed by atoms with Gasteiger partial charge in [-0.3, -0.25) is 14.5 Å². The van der Waals surface area contributed by atoms with Crippen molar-refractivity contribution in [2.75, 3.05) is 4.90 Å². The fourth-order valence-corrected chi connectivity index (χ4v) is 4.20. The second-order valence-corrected chi connectivity index (χ2v) is 7.32. The molecule has 7 heteroatoms. The maximum absolute atomic E-state index is 13.3. The number of aromatic nitrogens is 3. The number of piperidine rings is 1. The van der Waals surface area contributed by atoms with E-state index in [0.717, 1.165) is 12.1 Å². The Morgan fingerprint density at radius 2 is 1.82 bits per heavy atom. The third kappa shape index (κ3) is 2.25. The summed E-state index contributed by atoms with van der Waals surface area (Å²) in [5.74, 6) is 0.0790. The summed E-state index contributed by atoms with van der Waals surface area (Å²) in [5, 5.41) is 4.63. The van der Waals surface area contributed by atoms with Crippen LogP contribution in [0, 0.1) is 5.82 Å². The molecule has 2 aliphatic rings. The van der Waals surface area contributed by atoms with Crippen LogP contribution in [0.1, 0.15) is 26.2 Å². The van der Waals surface area contributed by atoms with Gasteiger partial charge in [-0.2, -0.15) is 10.1 Å². The van der Waals surface area contributed by atoms with Crippen molar-refractivity contribution in [3.05, 3.63) is 64.7 Å². The number of hydrogen-bond acceptors (Lipinski definition) is 4. The van der Waals surface area contributed by atoms with Crippen LogP contribution in [-0.2, 0) is 10.5 Å². The largest absolute Gasteiger partial charge is 0.300 e. The molecule has 1 unspecified atom stereocenters. The fourth-order valence-electron chi connectivity index (χ4n) is 4.20. The second kappa shape index (κ2) is 5.82. The first-order chi connectivity index (χ1) is 13.5. The summed E-state index contributed by atoms with van der Waals surface area (Å²) < 4.78 is 15.0. The van der Waals surface area contributed by atoms with Crippen molar-refractivity contribution in [1.29, 1.82) is 0 Å². The molecule has 0 spiro atoms. The summed E-state index contributed by atoms with van der Waals surface area (Å²) in [7, 11) is 0. The van der Waals surface area contributed by atoms with Crippen LogP contribution in [0.3, 0.4) is 0 Å². The Morgan fingerprint density at radius 3 is 2.61 bits per heavy atom. The van der Waals surface area contributed by atoms with E-state index in [4.69, 9.17) is 0 Å². The first kappa shape index (κ1) is 16.8. The van der Waals surface area contributed by atoms with E-state index < -0.39 is 11.2 Å². The number of rotatable bonds is 1.